The summed E-state index contributed by atoms with van der Waals surface area (Å²) in [6, 6.07) is 3.80. The van der Waals surface area contributed by atoms with Gasteiger partial charge in [-0.05, 0) is 19.1 Å². The predicted octanol–water partition coefficient (Wildman–Crippen LogP) is 1.20. The highest BCUT2D eigenvalue weighted by atomic mass is 16.5. The largest absolute Gasteiger partial charge is 0.337 e. The van der Waals surface area contributed by atoms with E-state index in [0.29, 0.717) is 18.3 Å². The molecule has 3 rings (SSSR count). The van der Waals surface area contributed by atoms with Gasteiger partial charge in [0, 0.05) is 32.1 Å². The van der Waals surface area contributed by atoms with Crippen LogP contribution in [0.5, 0.6) is 0 Å². The summed E-state index contributed by atoms with van der Waals surface area (Å²) in [5.74, 6) is 2.66. The van der Waals surface area contributed by atoms with Gasteiger partial charge in [-0.25, -0.2) is 0 Å². The zero-order valence-corrected chi connectivity index (χ0v) is 12.1. The molecule has 0 spiro atoms. The SMILES string of the molecule is Cc1noc(CN(C)c2nnc(-c3ccncc3)n2C)n1. The third-order valence-corrected chi connectivity index (χ3v) is 3.07. The molecule has 3 heterocycles. The summed E-state index contributed by atoms with van der Waals surface area (Å²) >= 11 is 0. The second kappa shape index (κ2) is 5.31. The first-order valence-electron chi connectivity index (χ1n) is 6.45. The van der Waals surface area contributed by atoms with Crippen LogP contribution in [0, 0.1) is 6.92 Å². The van der Waals surface area contributed by atoms with Crippen LogP contribution in [0.2, 0.25) is 0 Å². The molecule has 0 aliphatic heterocycles. The quantitative estimate of drug-likeness (QED) is 0.712. The van der Waals surface area contributed by atoms with E-state index in [-0.39, 0.29) is 0 Å². The van der Waals surface area contributed by atoms with Gasteiger partial charge in [-0.3, -0.25) is 9.55 Å². The van der Waals surface area contributed by atoms with Gasteiger partial charge >= 0.3 is 0 Å². The summed E-state index contributed by atoms with van der Waals surface area (Å²) in [4.78, 5) is 10.1. The molecule has 3 aromatic rings. The van der Waals surface area contributed by atoms with Gasteiger partial charge in [0.2, 0.25) is 11.8 Å². The molecule has 0 saturated carbocycles. The van der Waals surface area contributed by atoms with Crippen molar-refractivity contribution in [2.45, 2.75) is 13.5 Å². The Kier molecular flexibility index (Phi) is 3.35. The standard InChI is InChI=1S/C13H15N7O/c1-9-15-11(21-18-9)8-19(2)13-17-16-12(20(13)3)10-4-6-14-7-5-10/h4-7H,8H2,1-3H3. The van der Waals surface area contributed by atoms with Crippen LogP contribution in [0.3, 0.4) is 0 Å². The number of hydrogen-bond acceptors (Lipinski definition) is 7. The van der Waals surface area contributed by atoms with Gasteiger partial charge in [-0.1, -0.05) is 5.16 Å². The molecule has 8 nitrogen and oxygen atoms in total. The molecule has 21 heavy (non-hydrogen) atoms. The molecule has 0 amide bonds. The molecule has 3 aromatic heterocycles. The van der Waals surface area contributed by atoms with E-state index in [9.17, 15) is 0 Å². The third-order valence-electron chi connectivity index (χ3n) is 3.07. The summed E-state index contributed by atoms with van der Waals surface area (Å²) in [6.07, 6.45) is 3.46. The van der Waals surface area contributed by atoms with E-state index in [0.717, 1.165) is 17.3 Å². The lowest BCUT2D eigenvalue weighted by Gasteiger charge is -2.15. The lowest BCUT2D eigenvalue weighted by Crippen LogP contribution is -2.20. The Bertz CT molecular complexity index is 734. The minimum Gasteiger partial charge on any atom is -0.337 e. The van der Waals surface area contributed by atoms with Crippen molar-refractivity contribution in [2.75, 3.05) is 11.9 Å². The molecule has 0 aliphatic rings. The molecule has 0 saturated heterocycles. The molecule has 108 valence electrons. The smallest absolute Gasteiger partial charge is 0.246 e. The van der Waals surface area contributed by atoms with Gasteiger partial charge in [0.05, 0.1) is 6.54 Å². The van der Waals surface area contributed by atoms with E-state index in [1.807, 2.05) is 35.7 Å². The molecule has 8 heteroatoms. The van der Waals surface area contributed by atoms with Crippen LogP contribution >= 0.6 is 0 Å². The highest BCUT2D eigenvalue weighted by Gasteiger charge is 2.16. The first-order valence-corrected chi connectivity index (χ1v) is 6.45. The molecule has 0 radical (unpaired) electrons. The van der Waals surface area contributed by atoms with Crippen LogP contribution in [-0.4, -0.2) is 36.9 Å². The van der Waals surface area contributed by atoms with E-state index < -0.39 is 0 Å². The fourth-order valence-corrected chi connectivity index (χ4v) is 2.08. The number of anilines is 1. The number of hydrogen-bond donors (Lipinski definition) is 0. The first-order chi connectivity index (χ1) is 10.1. The second-order valence-electron chi connectivity index (χ2n) is 4.71. The monoisotopic (exact) mass is 285 g/mol. The normalized spacial score (nSPS) is 10.8. The van der Waals surface area contributed by atoms with Crippen LogP contribution < -0.4 is 4.90 Å². The number of aromatic nitrogens is 6. The van der Waals surface area contributed by atoms with Crippen LogP contribution in [0.25, 0.3) is 11.4 Å². The van der Waals surface area contributed by atoms with Gasteiger partial charge in [0.15, 0.2) is 11.6 Å². The van der Waals surface area contributed by atoms with Crippen molar-refractivity contribution in [3.05, 3.63) is 36.2 Å². The molecule has 0 unspecified atom stereocenters. The van der Waals surface area contributed by atoms with Crippen LogP contribution in [0.1, 0.15) is 11.7 Å². The molecular weight excluding hydrogens is 270 g/mol. The number of nitrogens with zero attached hydrogens (tertiary/aromatic N) is 7. The predicted molar refractivity (Wildman–Crippen MR) is 75.4 cm³/mol. The number of aryl methyl sites for hydroxylation is 1. The fraction of sp³-hybridized carbons (Fsp3) is 0.308. The van der Waals surface area contributed by atoms with Crippen molar-refractivity contribution in [3.8, 4) is 11.4 Å². The second-order valence-corrected chi connectivity index (χ2v) is 4.71. The van der Waals surface area contributed by atoms with Crippen molar-refractivity contribution in [3.63, 3.8) is 0 Å². The minimum atomic E-state index is 0.475. The number of pyridine rings is 1. The van der Waals surface area contributed by atoms with Gasteiger partial charge < -0.3 is 9.42 Å². The highest BCUT2D eigenvalue weighted by Crippen LogP contribution is 2.20. The Morgan fingerprint density at radius 1 is 1.24 bits per heavy atom. The van der Waals surface area contributed by atoms with Crippen LogP contribution in [0.15, 0.2) is 29.0 Å². The first kappa shape index (κ1) is 13.2. The summed E-state index contributed by atoms with van der Waals surface area (Å²) in [5.41, 5.74) is 0.966. The van der Waals surface area contributed by atoms with Crippen LogP contribution in [-0.2, 0) is 13.6 Å². The van der Waals surface area contributed by atoms with E-state index in [4.69, 9.17) is 4.52 Å². The molecule has 0 atom stereocenters. The van der Waals surface area contributed by atoms with Gasteiger partial charge in [0.25, 0.3) is 0 Å². The maximum absolute atomic E-state index is 5.12. The van der Waals surface area contributed by atoms with Crippen molar-refractivity contribution >= 4 is 5.95 Å². The van der Waals surface area contributed by atoms with Crippen molar-refractivity contribution in [2.24, 2.45) is 7.05 Å². The van der Waals surface area contributed by atoms with E-state index in [1.54, 1.807) is 19.3 Å². The van der Waals surface area contributed by atoms with E-state index >= 15 is 0 Å². The van der Waals surface area contributed by atoms with Crippen molar-refractivity contribution in [1.29, 1.82) is 0 Å². The highest BCUT2D eigenvalue weighted by molar-refractivity contribution is 5.56. The fourth-order valence-electron chi connectivity index (χ4n) is 2.08. The van der Waals surface area contributed by atoms with Crippen molar-refractivity contribution < 1.29 is 4.52 Å². The molecule has 0 aliphatic carbocycles. The molecule has 0 fully saturated rings. The van der Waals surface area contributed by atoms with Gasteiger partial charge in [-0.15, -0.1) is 10.2 Å². The van der Waals surface area contributed by atoms with E-state index in [1.165, 1.54) is 0 Å². The Hall–Kier alpha value is -2.77. The Morgan fingerprint density at radius 3 is 2.67 bits per heavy atom. The third kappa shape index (κ3) is 2.60. The topological polar surface area (TPSA) is 85.8 Å². The maximum Gasteiger partial charge on any atom is 0.246 e. The minimum absolute atomic E-state index is 0.475. The Labute approximate surface area is 121 Å². The van der Waals surface area contributed by atoms with Crippen molar-refractivity contribution in [1.82, 2.24) is 29.9 Å². The molecular formula is C13H15N7O. The summed E-state index contributed by atoms with van der Waals surface area (Å²) in [5, 5.41) is 12.2. The van der Waals surface area contributed by atoms with E-state index in [2.05, 4.69) is 25.3 Å². The lowest BCUT2D eigenvalue weighted by atomic mass is 10.2. The molecule has 0 N–H and O–H groups in total. The maximum atomic E-state index is 5.12. The zero-order valence-electron chi connectivity index (χ0n) is 12.1. The summed E-state index contributed by atoms with van der Waals surface area (Å²) in [7, 11) is 3.82. The average molecular weight is 285 g/mol. The molecule has 0 aromatic carbocycles. The summed E-state index contributed by atoms with van der Waals surface area (Å²) in [6.45, 7) is 2.26. The van der Waals surface area contributed by atoms with Gasteiger partial charge in [-0.2, -0.15) is 4.98 Å². The molecule has 0 bridgehead atoms. The Balaban J connectivity index is 1.85. The summed E-state index contributed by atoms with van der Waals surface area (Å²) < 4.78 is 7.03. The Morgan fingerprint density at radius 2 is 2.00 bits per heavy atom. The van der Waals surface area contributed by atoms with Gasteiger partial charge in [0.1, 0.15) is 0 Å². The lowest BCUT2D eigenvalue weighted by molar-refractivity contribution is 0.373. The number of rotatable bonds is 4. The van der Waals surface area contributed by atoms with Crippen LogP contribution in [0.4, 0.5) is 5.95 Å². The average Bonchev–Trinajstić information content (AvgIpc) is 3.06. The zero-order chi connectivity index (χ0) is 14.8.